The van der Waals surface area contributed by atoms with E-state index in [0.717, 1.165) is 22.3 Å². The highest BCUT2D eigenvalue weighted by Crippen LogP contribution is 2.37. The van der Waals surface area contributed by atoms with E-state index >= 15 is 0 Å². The lowest BCUT2D eigenvalue weighted by molar-refractivity contribution is 0.354. The molecule has 3 rings (SSSR count). The first kappa shape index (κ1) is 16.0. The summed E-state index contributed by atoms with van der Waals surface area (Å²) in [7, 11) is 2.27. The van der Waals surface area contributed by atoms with Crippen molar-refractivity contribution in [2.45, 2.75) is 6.32 Å². The third-order valence-electron chi connectivity index (χ3n) is 3.93. The molecule has 1 heterocycles. The molecule has 0 saturated carbocycles. The third kappa shape index (κ3) is 2.94. The number of hydrogen-bond acceptors (Lipinski definition) is 5. The number of hydrogen-bond donors (Lipinski definition) is 1. The van der Waals surface area contributed by atoms with Crippen LogP contribution >= 0.6 is 0 Å². The Kier molecular flexibility index (Phi) is 4.45. The van der Waals surface area contributed by atoms with Gasteiger partial charge in [-0.1, -0.05) is 18.2 Å². The summed E-state index contributed by atoms with van der Waals surface area (Å²) in [5, 5.41) is 18.9. The molecule has 0 atom stereocenters. The van der Waals surface area contributed by atoms with Gasteiger partial charge in [-0.2, -0.15) is 5.26 Å². The number of rotatable bonds is 4. The van der Waals surface area contributed by atoms with Crippen molar-refractivity contribution in [3.63, 3.8) is 0 Å². The standard InChI is InChI=1S/C18H16BNO4/c1-22-17-8-14(7-15(10-20)18(17)23-2)12-4-3-5-13(6-12)16-9-19(21)24-11-16/h3-8,11,21H,9H2,1-2H3. The van der Waals surface area contributed by atoms with Crippen LogP contribution in [0, 0.1) is 11.3 Å². The second kappa shape index (κ2) is 6.69. The molecule has 5 nitrogen and oxygen atoms in total. The van der Waals surface area contributed by atoms with Gasteiger partial charge in [0, 0.05) is 6.32 Å². The molecule has 1 N–H and O–H groups in total. The first-order valence-electron chi connectivity index (χ1n) is 7.45. The molecule has 0 aromatic heterocycles. The number of benzene rings is 2. The predicted molar refractivity (Wildman–Crippen MR) is 91.5 cm³/mol. The van der Waals surface area contributed by atoms with E-state index in [4.69, 9.17) is 14.1 Å². The quantitative estimate of drug-likeness (QED) is 0.876. The molecular weight excluding hydrogens is 305 g/mol. The fraction of sp³-hybridized carbons (Fsp3) is 0.167. The molecule has 0 spiro atoms. The van der Waals surface area contributed by atoms with Crippen LogP contribution in [0.3, 0.4) is 0 Å². The van der Waals surface area contributed by atoms with Gasteiger partial charge in [-0.25, -0.2) is 0 Å². The van der Waals surface area contributed by atoms with Gasteiger partial charge in [0.15, 0.2) is 11.5 Å². The highest BCUT2D eigenvalue weighted by Gasteiger charge is 2.23. The average Bonchev–Trinajstić information content (AvgIpc) is 3.07. The fourth-order valence-electron chi connectivity index (χ4n) is 2.74. The van der Waals surface area contributed by atoms with Crippen LogP contribution in [0.5, 0.6) is 11.5 Å². The van der Waals surface area contributed by atoms with E-state index in [1.807, 2.05) is 30.3 Å². The summed E-state index contributed by atoms with van der Waals surface area (Å²) in [5.74, 6) is 0.936. The average molecular weight is 321 g/mol. The minimum atomic E-state index is -0.782. The Morgan fingerprint density at radius 3 is 2.54 bits per heavy atom. The minimum absolute atomic E-state index is 0.413. The molecule has 0 saturated heterocycles. The third-order valence-corrected chi connectivity index (χ3v) is 3.93. The van der Waals surface area contributed by atoms with E-state index in [0.29, 0.717) is 23.4 Å². The van der Waals surface area contributed by atoms with Gasteiger partial charge in [-0.3, -0.25) is 0 Å². The molecule has 6 heteroatoms. The van der Waals surface area contributed by atoms with Crippen LogP contribution in [-0.4, -0.2) is 26.4 Å². The minimum Gasteiger partial charge on any atom is -0.542 e. The Hall–Kier alpha value is -2.91. The lowest BCUT2D eigenvalue weighted by Gasteiger charge is -2.12. The summed E-state index contributed by atoms with van der Waals surface area (Å²) in [4.78, 5) is 0. The molecule has 0 radical (unpaired) electrons. The van der Waals surface area contributed by atoms with Crippen molar-refractivity contribution in [2.24, 2.45) is 0 Å². The van der Waals surface area contributed by atoms with Crippen molar-refractivity contribution in [2.75, 3.05) is 14.2 Å². The van der Waals surface area contributed by atoms with Gasteiger partial charge in [0.25, 0.3) is 0 Å². The van der Waals surface area contributed by atoms with E-state index in [9.17, 15) is 10.3 Å². The van der Waals surface area contributed by atoms with Crippen LogP contribution in [0.2, 0.25) is 6.32 Å². The van der Waals surface area contributed by atoms with E-state index < -0.39 is 7.12 Å². The zero-order chi connectivity index (χ0) is 17.1. The topological polar surface area (TPSA) is 71.7 Å². The largest absolute Gasteiger partial charge is 0.542 e. The van der Waals surface area contributed by atoms with Gasteiger partial charge in [0.2, 0.25) is 0 Å². The van der Waals surface area contributed by atoms with E-state index in [1.54, 1.807) is 19.4 Å². The predicted octanol–water partition coefficient (Wildman–Crippen LogP) is 3.09. The summed E-state index contributed by atoms with van der Waals surface area (Å²) in [6.07, 6.45) is 2.04. The highest BCUT2D eigenvalue weighted by atomic mass is 16.5. The molecule has 120 valence electrons. The monoisotopic (exact) mass is 321 g/mol. The summed E-state index contributed by atoms with van der Waals surface area (Å²) in [6.45, 7) is 0. The van der Waals surface area contributed by atoms with Crippen molar-refractivity contribution in [1.82, 2.24) is 0 Å². The summed E-state index contributed by atoms with van der Waals surface area (Å²) in [6, 6.07) is 13.6. The van der Waals surface area contributed by atoms with Crippen LogP contribution in [-0.2, 0) is 4.65 Å². The Morgan fingerprint density at radius 2 is 1.92 bits per heavy atom. The number of ether oxygens (including phenoxy) is 2. The zero-order valence-electron chi connectivity index (χ0n) is 13.4. The molecule has 2 aromatic carbocycles. The normalized spacial score (nSPS) is 13.1. The molecule has 24 heavy (non-hydrogen) atoms. The maximum atomic E-state index is 9.50. The van der Waals surface area contributed by atoms with Crippen molar-refractivity contribution in [1.29, 1.82) is 5.26 Å². The SMILES string of the molecule is COc1cc(-c2cccc(C3=COB(O)C3)c2)cc(C#N)c1OC. The van der Waals surface area contributed by atoms with E-state index in [1.165, 1.54) is 7.11 Å². The summed E-state index contributed by atoms with van der Waals surface area (Å²) >= 11 is 0. The number of methoxy groups -OCH3 is 2. The molecule has 2 aromatic rings. The summed E-state index contributed by atoms with van der Waals surface area (Å²) < 4.78 is 15.7. The van der Waals surface area contributed by atoms with Gasteiger partial charge in [-0.05, 0) is 40.5 Å². The number of nitriles is 1. The van der Waals surface area contributed by atoms with Crippen LogP contribution in [0.1, 0.15) is 11.1 Å². The lowest BCUT2D eigenvalue weighted by atomic mass is 9.81. The van der Waals surface area contributed by atoms with Gasteiger partial charge < -0.3 is 19.2 Å². The zero-order valence-corrected chi connectivity index (χ0v) is 13.4. The van der Waals surface area contributed by atoms with Gasteiger partial charge in [0.1, 0.15) is 6.07 Å². The fourth-order valence-corrected chi connectivity index (χ4v) is 2.74. The van der Waals surface area contributed by atoms with E-state index in [-0.39, 0.29) is 0 Å². The van der Waals surface area contributed by atoms with Gasteiger partial charge in [-0.15, -0.1) is 0 Å². The highest BCUT2D eigenvalue weighted by molar-refractivity contribution is 6.47. The van der Waals surface area contributed by atoms with Gasteiger partial charge in [0.05, 0.1) is 26.0 Å². The first-order valence-corrected chi connectivity index (χ1v) is 7.45. The first-order chi connectivity index (χ1) is 11.7. The Bertz CT molecular complexity index is 841. The lowest BCUT2D eigenvalue weighted by Crippen LogP contribution is -2.08. The molecule has 0 unspecified atom stereocenters. The van der Waals surface area contributed by atoms with Crippen molar-refractivity contribution in [3.8, 4) is 28.7 Å². The molecule has 0 aliphatic carbocycles. The van der Waals surface area contributed by atoms with Crippen LogP contribution < -0.4 is 9.47 Å². The van der Waals surface area contributed by atoms with Crippen molar-refractivity contribution < 1.29 is 19.2 Å². The number of allylic oxidation sites excluding steroid dienone is 1. The molecule has 0 fully saturated rings. The smallest absolute Gasteiger partial charge is 0.526 e. The second-order valence-corrected chi connectivity index (χ2v) is 5.39. The van der Waals surface area contributed by atoms with E-state index in [2.05, 4.69) is 6.07 Å². The number of nitrogens with zero attached hydrogens (tertiary/aromatic N) is 1. The Morgan fingerprint density at radius 1 is 1.12 bits per heavy atom. The maximum Gasteiger partial charge on any atom is 0.526 e. The van der Waals surface area contributed by atoms with Crippen molar-refractivity contribution >= 4 is 12.7 Å². The van der Waals surface area contributed by atoms with Crippen LogP contribution in [0.4, 0.5) is 0 Å². The Balaban J connectivity index is 2.05. The molecule has 1 aliphatic rings. The summed E-state index contributed by atoms with van der Waals surface area (Å²) in [5.41, 5.74) is 4.11. The molecule has 0 bridgehead atoms. The van der Waals surface area contributed by atoms with Crippen LogP contribution in [0.15, 0.2) is 42.7 Å². The molecule has 1 aliphatic heterocycles. The molecular formula is C18H16BNO4. The molecule has 0 amide bonds. The van der Waals surface area contributed by atoms with Gasteiger partial charge >= 0.3 is 7.12 Å². The van der Waals surface area contributed by atoms with Crippen LogP contribution in [0.25, 0.3) is 16.7 Å². The second-order valence-electron chi connectivity index (χ2n) is 5.39. The maximum absolute atomic E-state index is 9.50. The Labute approximate surface area is 140 Å². The van der Waals surface area contributed by atoms with Crippen molar-refractivity contribution in [3.05, 3.63) is 53.8 Å².